The molecule has 2 N–H and O–H groups in total. The first kappa shape index (κ1) is 17.8. The summed E-state index contributed by atoms with van der Waals surface area (Å²) in [7, 11) is 3.09. The number of ether oxygens (including phenoxy) is 2. The van der Waals surface area contributed by atoms with E-state index in [0.717, 1.165) is 10.9 Å². The van der Waals surface area contributed by atoms with Crippen LogP contribution in [0.2, 0.25) is 0 Å². The second-order valence-corrected chi connectivity index (χ2v) is 5.71. The molecular weight excluding hydrogens is 336 g/mol. The maximum absolute atomic E-state index is 12.2. The van der Waals surface area contributed by atoms with Crippen LogP contribution < -0.4 is 14.8 Å². The molecule has 0 fully saturated rings. The van der Waals surface area contributed by atoms with E-state index in [9.17, 15) is 9.90 Å². The van der Waals surface area contributed by atoms with E-state index in [0.29, 0.717) is 22.8 Å². The Morgan fingerprint density at radius 3 is 2.92 bits per heavy atom. The number of fused-ring (bicyclic) bond motifs is 1. The van der Waals surface area contributed by atoms with Crippen molar-refractivity contribution < 1.29 is 23.8 Å². The normalized spacial score (nSPS) is 12.0. The molecule has 1 aromatic carbocycles. The molecule has 1 atom stereocenters. The topological polar surface area (TPSA) is 93.8 Å². The van der Waals surface area contributed by atoms with E-state index in [-0.39, 0.29) is 18.9 Å². The predicted octanol–water partition coefficient (Wildman–Crippen LogP) is 2.24. The minimum absolute atomic E-state index is 0.0375. The van der Waals surface area contributed by atoms with Crippen LogP contribution in [-0.2, 0) is 11.2 Å². The van der Waals surface area contributed by atoms with Crippen LogP contribution in [-0.4, -0.2) is 36.8 Å². The number of methoxy groups -OCH3 is 2. The molecule has 2 heterocycles. The van der Waals surface area contributed by atoms with Crippen LogP contribution in [0.4, 0.5) is 0 Å². The van der Waals surface area contributed by atoms with E-state index < -0.39 is 6.10 Å². The number of benzene rings is 1. The van der Waals surface area contributed by atoms with E-state index in [4.69, 9.17) is 13.9 Å². The highest BCUT2D eigenvalue weighted by molar-refractivity contribution is 5.88. The van der Waals surface area contributed by atoms with Gasteiger partial charge in [-0.15, -0.1) is 0 Å². The van der Waals surface area contributed by atoms with Gasteiger partial charge in [-0.25, -0.2) is 0 Å². The molecule has 1 amide bonds. The summed E-state index contributed by atoms with van der Waals surface area (Å²) in [5.74, 6) is 0.941. The van der Waals surface area contributed by atoms with Gasteiger partial charge >= 0.3 is 0 Å². The van der Waals surface area contributed by atoms with Crippen molar-refractivity contribution >= 4 is 16.9 Å². The van der Waals surface area contributed by atoms with Crippen LogP contribution in [0.5, 0.6) is 11.5 Å². The first-order chi connectivity index (χ1) is 12.6. The SMILES string of the molecule is COc1ccc2c(CC(=O)NCC(O)c3ncccc3OC)coc2c1. The summed E-state index contributed by atoms with van der Waals surface area (Å²) in [5, 5.41) is 13.8. The van der Waals surface area contributed by atoms with Gasteiger partial charge in [-0.05, 0) is 24.3 Å². The lowest BCUT2D eigenvalue weighted by Crippen LogP contribution is -2.30. The number of amides is 1. The summed E-state index contributed by atoms with van der Waals surface area (Å²) in [5.41, 5.74) is 1.81. The van der Waals surface area contributed by atoms with Crippen molar-refractivity contribution in [2.75, 3.05) is 20.8 Å². The highest BCUT2D eigenvalue weighted by Crippen LogP contribution is 2.26. The van der Waals surface area contributed by atoms with Crippen LogP contribution in [0, 0.1) is 0 Å². The molecule has 3 aromatic rings. The van der Waals surface area contributed by atoms with Crippen molar-refractivity contribution in [3.05, 3.63) is 54.0 Å². The van der Waals surface area contributed by atoms with Gasteiger partial charge in [-0.3, -0.25) is 9.78 Å². The molecule has 0 aliphatic rings. The number of carbonyl (C=O) groups is 1. The Kier molecular flexibility index (Phi) is 5.38. The molecule has 7 heteroatoms. The quantitative estimate of drug-likeness (QED) is 0.674. The standard InChI is InChI=1S/C19H20N2O5/c1-24-13-5-6-14-12(11-26-17(14)9-13)8-18(23)21-10-15(22)19-16(25-2)4-3-7-20-19/h3-7,9,11,15,22H,8,10H2,1-2H3,(H,21,23). The first-order valence-electron chi connectivity index (χ1n) is 8.10. The molecule has 0 spiro atoms. The zero-order valence-electron chi connectivity index (χ0n) is 14.6. The van der Waals surface area contributed by atoms with Gasteiger partial charge in [0.2, 0.25) is 5.91 Å². The number of aromatic nitrogens is 1. The average Bonchev–Trinajstić information content (AvgIpc) is 3.07. The Morgan fingerprint density at radius 2 is 2.15 bits per heavy atom. The van der Waals surface area contributed by atoms with Gasteiger partial charge < -0.3 is 24.3 Å². The highest BCUT2D eigenvalue weighted by atomic mass is 16.5. The number of aliphatic hydroxyl groups excluding tert-OH is 1. The first-order valence-corrected chi connectivity index (χ1v) is 8.10. The largest absolute Gasteiger partial charge is 0.497 e. The van der Waals surface area contributed by atoms with E-state index in [2.05, 4.69) is 10.3 Å². The molecule has 0 radical (unpaired) electrons. The Bertz CT molecular complexity index is 906. The highest BCUT2D eigenvalue weighted by Gasteiger charge is 2.17. The zero-order chi connectivity index (χ0) is 18.5. The summed E-state index contributed by atoms with van der Waals surface area (Å²) >= 11 is 0. The minimum Gasteiger partial charge on any atom is -0.497 e. The van der Waals surface area contributed by atoms with Crippen LogP contribution in [0.3, 0.4) is 0 Å². The zero-order valence-corrected chi connectivity index (χ0v) is 14.6. The van der Waals surface area contributed by atoms with Gasteiger partial charge in [-0.2, -0.15) is 0 Å². The monoisotopic (exact) mass is 356 g/mol. The molecule has 1 unspecified atom stereocenters. The van der Waals surface area contributed by atoms with Crippen LogP contribution in [0.25, 0.3) is 11.0 Å². The lowest BCUT2D eigenvalue weighted by molar-refractivity contribution is -0.120. The van der Waals surface area contributed by atoms with Crippen molar-refractivity contribution in [1.29, 1.82) is 0 Å². The van der Waals surface area contributed by atoms with Crippen molar-refractivity contribution in [2.45, 2.75) is 12.5 Å². The number of nitrogens with zero attached hydrogens (tertiary/aromatic N) is 1. The van der Waals surface area contributed by atoms with Crippen molar-refractivity contribution in [2.24, 2.45) is 0 Å². The van der Waals surface area contributed by atoms with Crippen LogP contribution >= 0.6 is 0 Å². The molecule has 0 bridgehead atoms. The summed E-state index contributed by atoms with van der Waals surface area (Å²) in [6.07, 6.45) is 2.31. The Hall–Kier alpha value is -3.06. The number of hydrogen-bond donors (Lipinski definition) is 2. The third-order valence-electron chi connectivity index (χ3n) is 4.04. The van der Waals surface area contributed by atoms with Gasteiger partial charge in [0.25, 0.3) is 0 Å². The number of nitrogens with one attached hydrogen (secondary N) is 1. The third-order valence-corrected chi connectivity index (χ3v) is 4.04. The fraction of sp³-hybridized carbons (Fsp3) is 0.263. The van der Waals surface area contributed by atoms with E-state index in [1.165, 1.54) is 7.11 Å². The van der Waals surface area contributed by atoms with Crippen LogP contribution in [0.15, 0.2) is 47.2 Å². The molecule has 7 nitrogen and oxygen atoms in total. The second kappa shape index (κ2) is 7.88. The van der Waals surface area contributed by atoms with Crippen LogP contribution in [0.1, 0.15) is 17.4 Å². The van der Waals surface area contributed by atoms with E-state index in [1.54, 1.807) is 37.8 Å². The van der Waals surface area contributed by atoms with Gasteiger partial charge in [0.1, 0.15) is 28.9 Å². The van der Waals surface area contributed by atoms with Gasteiger partial charge in [0, 0.05) is 29.8 Å². The molecular formula is C19H20N2O5. The summed E-state index contributed by atoms with van der Waals surface area (Å²) in [6, 6.07) is 8.87. The maximum atomic E-state index is 12.2. The molecule has 0 saturated heterocycles. The lowest BCUT2D eigenvalue weighted by Gasteiger charge is -2.14. The number of rotatable bonds is 7. The maximum Gasteiger partial charge on any atom is 0.224 e. The van der Waals surface area contributed by atoms with Gasteiger partial charge in [0.05, 0.1) is 26.9 Å². The summed E-state index contributed by atoms with van der Waals surface area (Å²) in [6.45, 7) is 0.0375. The molecule has 0 aliphatic carbocycles. The smallest absolute Gasteiger partial charge is 0.224 e. The fourth-order valence-corrected chi connectivity index (χ4v) is 2.70. The Balaban J connectivity index is 1.62. The molecule has 0 aliphatic heterocycles. The molecule has 3 rings (SSSR count). The predicted molar refractivity (Wildman–Crippen MR) is 95.2 cm³/mol. The summed E-state index contributed by atoms with van der Waals surface area (Å²) in [4.78, 5) is 16.3. The molecule has 136 valence electrons. The fourth-order valence-electron chi connectivity index (χ4n) is 2.70. The van der Waals surface area contributed by atoms with Gasteiger partial charge in [-0.1, -0.05) is 0 Å². The average molecular weight is 356 g/mol. The van der Waals surface area contributed by atoms with Crippen molar-refractivity contribution in [1.82, 2.24) is 10.3 Å². The van der Waals surface area contributed by atoms with Crippen molar-refractivity contribution in [3.8, 4) is 11.5 Å². The second-order valence-electron chi connectivity index (χ2n) is 5.71. The van der Waals surface area contributed by atoms with E-state index >= 15 is 0 Å². The number of pyridine rings is 1. The Morgan fingerprint density at radius 1 is 1.31 bits per heavy atom. The number of aliphatic hydroxyl groups is 1. The lowest BCUT2D eigenvalue weighted by atomic mass is 10.1. The number of hydrogen-bond acceptors (Lipinski definition) is 6. The number of furan rings is 1. The molecule has 26 heavy (non-hydrogen) atoms. The molecule has 2 aromatic heterocycles. The molecule has 0 saturated carbocycles. The third kappa shape index (κ3) is 3.78. The van der Waals surface area contributed by atoms with E-state index in [1.807, 2.05) is 12.1 Å². The Labute approximate surface area is 150 Å². The van der Waals surface area contributed by atoms with Crippen molar-refractivity contribution in [3.63, 3.8) is 0 Å². The number of carbonyl (C=O) groups excluding carboxylic acids is 1. The summed E-state index contributed by atoms with van der Waals surface area (Å²) < 4.78 is 15.8. The minimum atomic E-state index is -0.958. The van der Waals surface area contributed by atoms with Gasteiger partial charge in [0.15, 0.2) is 0 Å².